The Kier molecular flexibility index (Phi) is 5.35. The highest BCUT2D eigenvalue weighted by Gasteiger charge is 2.10. The maximum absolute atomic E-state index is 13.5. The first-order valence-electron chi connectivity index (χ1n) is 6.74. The number of benzene rings is 2. The van der Waals surface area contributed by atoms with Crippen molar-refractivity contribution in [3.8, 4) is 11.5 Å². The number of methoxy groups -OCH3 is 2. The number of carbonyl (C=O) groups is 1. The van der Waals surface area contributed by atoms with E-state index in [4.69, 9.17) is 9.47 Å². The van der Waals surface area contributed by atoms with Crippen LogP contribution in [-0.4, -0.2) is 26.7 Å². The zero-order valence-electron chi connectivity index (χ0n) is 12.7. The van der Waals surface area contributed by atoms with Gasteiger partial charge in [-0.05, 0) is 12.1 Å². The number of hydrogen-bond donors (Lipinski definition) is 2. The third-order valence-electron chi connectivity index (χ3n) is 3.02. The van der Waals surface area contributed by atoms with Crippen LogP contribution in [0.4, 0.5) is 20.2 Å². The minimum atomic E-state index is -0.763. The smallest absolute Gasteiger partial charge is 0.243 e. The van der Waals surface area contributed by atoms with Gasteiger partial charge in [0, 0.05) is 23.9 Å². The molecule has 122 valence electrons. The highest BCUT2D eigenvalue weighted by molar-refractivity contribution is 5.94. The molecule has 2 N–H and O–H groups in total. The first-order valence-corrected chi connectivity index (χ1v) is 6.74. The second-order valence-electron chi connectivity index (χ2n) is 4.60. The van der Waals surface area contributed by atoms with Gasteiger partial charge in [-0.25, -0.2) is 8.78 Å². The molecule has 0 unspecified atom stereocenters. The first kappa shape index (κ1) is 16.5. The number of para-hydroxylation sites is 1. The Bertz CT molecular complexity index is 665. The second kappa shape index (κ2) is 7.44. The normalized spacial score (nSPS) is 10.1. The Labute approximate surface area is 132 Å². The molecule has 0 atom stereocenters. The van der Waals surface area contributed by atoms with Crippen LogP contribution in [0.5, 0.6) is 11.5 Å². The van der Waals surface area contributed by atoms with Crippen molar-refractivity contribution in [1.29, 1.82) is 0 Å². The molecule has 0 saturated carbocycles. The zero-order valence-corrected chi connectivity index (χ0v) is 12.7. The molecule has 0 radical (unpaired) electrons. The fourth-order valence-corrected chi connectivity index (χ4v) is 1.92. The van der Waals surface area contributed by atoms with Gasteiger partial charge in [0.2, 0.25) is 5.91 Å². The van der Waals surface area contributed by atoms with Crippen molar-refractivity contribution in [2.75, 3.05) is 31.4 Å². The Morgan fingerprint density at radius 3 is 2.13 bits per heavy atom. The van der Waals surface area contributed by atoms with Gasteiger partial charge in [0.05, 0.1) is 20.8 Å². The largest absolute Gasteiger partial charge is 0.497 e. The predicted octanol–water partition coefficient (Wildman–Crippen LogP) is 3.03. The molecule has 23 heavy (non-hydrogen) atoms. The molecule has 0 bridgehead atoms. The van der Waals surface area contributed by atoms with E-state index in [1.54, 1.807) is 18.2 Å². The summed E-state index contributed by atoms with van der Waals surface area (Å²) >= 11 is 0. The fourth-order valence-electron chi connectivity index (χ4n) is 1.92. The van der Waals surface area contributed by atoms with Crippen LogP contribution in [0.2, 0.25) is 0 Å². The van der Waals surface area contributed by atoms with Gasteiger partial charge >= 0.3 is 0 Å². The monoisotopic (exact) mass is 322 g/mol. The van der Waals surface area contributed by atoms with Crippen LogP contribution < -0.4 is 20.1 Å². The SMILES string of the molecule is COc1cc(NC(=O)CNc2c(F)cccc2F)cc(OC)c1. The summed E-state index contributed by atoms with van der Waals surface area (Å²) in [5, 5.41) is 5.03. The summed E-state index contributed by atoms with van der Waals surface area (Å²) in [6, 6.07) is 8.32. The number of carbonyl (C=O) groups excluding carboxylic acids is 1. The summed E-state index contributed by atoms with van der Waals surface area (Å²) in [4.78, 5) is 11.9. The van der Waals surface area contributed by atoms with E-state index in [0.717, 1.165) is 12.1 Å². The van der Waals surface area contributed by atoms with Crippen molar-refractivity contribution in [1.82, 2.24) is 0 Å². The van der Waals surface area contributed by atoms with Gasteiger partial charge in [-0.3, -0.25) is 4.79 Å². The molecule has 2 aromatic carbocycles. The predicted molar refractivity (Wildman–Crippen MR) is 83.0 cm³/mol. The van der Waals surface area contributed by atoms with Crippen molar-refractivity contribution in [2.45, 2.75) is 0 Å². The molecule has 2 aromatic rings. The number of amides is 1. The van der Waals surface area contributed by atoms with Gasteiger partial charge in [-0.1, -0.05) is 6.07 Å². The molecule has 0 aliphatic rings. The number of hydrogen-bond acceptors (Lipinski definition) is 4. The van der Waals surface area contributed by atoms with E-state index >= 15 is 0 Å². The lowest BCUT2D eigenvalue weighted by Crippen LogP contribution is -2.22. The summed E-state index contributed by atoms with van der Waals surface area (Å²) < 4.78 is 37.1. The van der Waals surface area contributed by atoms with Gasteiger partial charge in [-0.2, -0.15) is 0 Å². The topological polar surface area (TPSA) is 59.6 Å². The molecule has 0 aliphatic heterocycles. The molecule has 0 fully saturated rings. The minimum absolute atomic E-state index is 0.294. The third-order valence-corrected chi connectivity index (χ3v) is 3.02. The molecule has 0 spiro atoms. The van der Waals surface area contributed by atoms with Gasteiger partial charge < -0.3 is 20.1 Å². The van der Waals surface area contributed by atoms with Crippen molar-refractivity contribution in [3.05, 3.63) is 48.0 Å². The van der Waals surface area contributed by atoms with E-state index in [0.29, 0.717) is 17.2 Å². The highest BCUT2D eigenvalue weighted by Crippen LogP contribution is 2.25. The Hall–Kier alpha value is -2.83. The van der Waals surface area contributed by atoms with E-state index in [9.17, 15) is 13.6 Å². The maximum atomic E-state index is 13.5. The van der Waals surface area contributed by atoms with Crippen molar-refractivity contribution in [2.24, 2.45) is 0 Å². The van der Waals surface area contributed by atoms with Gasteiger partial charge in [0.25, 0.3) is 0 Å². The van der Waals surface area contributed by atoms with Crippen LogP contribution in [0, 0.1) is 11.6 Å². The van der Waals surface area contributed by atoms with Crippen LogP contribution >= 0.6 is 0 Å². The van der Waals surface area contributed by atoms with Crippen molar-refractivity contribution >= 4 is 17.3 Å². The molecular formula is C16H16F2N2O3. The molecular weight excluding hydrogens is 306 g/mol. The van der Waals surface area contributed by atoms with Gasteiger partial charge in [0.1, 0.15) is 28.8 Å². The van der Waals surface area contributed by atoms with E-state index in [1.165, 1.54) is 20.3 Å². The number of anilines is 2. The first-order chi connectivity index (χ1) is 11.0. The zero-order chi connectivity index (χ0) is 16.8. The van der Waals surface area contributed by atoms with Crippen molar-refractivity contribution in [3.63, 3.8) is 0 Å². The summed E-state index contributed by atoms with van der Waals surface area (Å²) in [6.45, 7) is -0.294. The molecule has 7 heteroatoms. The summed E-state index contributed by atoms with van der Waals surface area (Å²) in [5.74, 6) is -0.981. The van der Waals surface area contributed by atoms with Gasteiger partial charge in [-0.15, -0.1) is 0 Å². The van der Waals surface area contributed by atoms with E-state index in [2.05, 4.69) is 10.6 Å². The molecule has 5 nitrogen and oxygen atoms in total. The lowest BCUT2D eigenvalue weighted by Gasteiger charge is -2.11. The number of nitrogens with one attached hydrogen (secondary N) is 2. The standard InChI is InChI=1S/C16H16F2N2O3/c1-22-11-6-10(7-12(8-11)23-2)20-15(21)9-19-16-13(17)4-3-5-14(16)18/h3-8,19H,9H2,1-2H3,(H,20,21). The van der Waals surface area contributed by atoms with Crippen LogP contribution in [0.25, 0.3) is 0 Å². The van der Waals surface area contributed by atoms with Crippen LogP contribution in [-0.2, 0) is 4.79 Å². The second-order valence-corrected chi connectivity index (χ2v) is 4.60. The van der Waals surface area contributed by atoms with Crippen LogP contribution in [0.3, 0.4) is 0 Å². The van der Waals surface area contributed by atoms with E-state index < -0.39 is 17.5 Å². The van der Waals surface area contributed by atoms with E-state index in [-0.39, 0.29) is 12.2 Å². The lowest BCUT2D eigenvalue weighted by atomic mass is 10.2. The number of halogens is 2. The molecule has 0 saturated heterocycles. The summed E-state index contributed by atoms with van der Waals surface area (Å²) in [5.41, 5.74) is 0.105. The molecule has 2 rings (SSSR count). The lowest BCUT2D eigenvalue weighted by molar-refractivity contribution is -0.114. The van der Waals surface area contributed by atoms with Gasteiger partial charge in [0.15, 0.2) is 0 Å². The minimum Gasteiger partial charge on any atom is -0.497 e. The fraction of sp³-hybridized carbons (Fsp3) is 0.188. The summed E-state index contributed by atoms with van der Waals surface area (Å²) in [6.07, 6.45) is 0. The molecule has 0 aromatic heterocycles. The molecule has 0 heterocycles. The number of rotatable bonds is 6. The van der Waals surface area contributed by atoms with Crippen LogP contribution in [0.15, 0.2) is 36.4 Å². The third kappa shape index (κ3) is 4.32. The Balaban J connectivity index is 2.02. The summed E-state index contributed by atoms with van der Waals surface area (Å²) in [7, 11) is 2.98. The Morgan fingerprint density at radius 2 is 1.61 bits per heavy atom. The average molecular weight is 322 g/mol. The molecule has 1 amide bonds. The maximum Gasteiger partial charge on any atom is 0.243 e. The number of ether oxygens (including phenoxy) is 2. The van der Waals surface area contributed by atoms with Crippen LogP contribution in [0.1, 0.15) is 0 Å². The quantitative estimate of drug-likeness (QED) is 0.858. The van der Waals surface area contributed by atoms with E-state index in [1.807, 2.05) is 0 Å². The molecule has 0 aliphatic carbocycles. The average Bonchev–Trinajstić information content (AvgIpc) is 2.53. The Morgan fingerprint density at radius 1 is 1.04 bits per heavy atom. The van der Waals surface area contributed by atoms with Crippen molar-refractivity contribution < 1.29 is 23.0 Å². The highest BCUT2D eigenvalue weighted by atomic mass is 19.1.